The Kier molecular flexibility index (Phi) is 5.37. The van der Waals surface area contributed by atoms with Gasteiger partial charge in [0.25, 0.3) is 0 Å². The van der Waals surface area contributed by atoms with E-state index in [4.69, 9.17) is 29.6 Å². The van der Waals surface area contributed by atoms with Crippen LogP contribution in [0.4, 0.5) is 5.69 Å². The molecule has 104 valence electrons. The second kappa shape index (κ2) is 6.82. The molecule has 1 saturated carbocycles. The van der Waals surface area contributed by atoms with Crippen LogP contribution in [0.1, 0.15) is 31.2 Å². The highest BCUT2D eigenvalue weighted by atomic mass is 35.5. The molecule has 0 saturated heterocycles. The van der Waals surface area contributed by atoms with Crippen molar-refractivity contribution in [3.8, 4) is 0 Å². The van der Waals surface area contributed by atoms with E-state index in [1.807, 2.05) is 30.0 Å². The zero-order chi connectivity index (χ0) is 13.8. The van der Waals surface area contributed by atoms with Crippen LogP contribution in [0.15, 0.2) is 18.2 Å². The maximum atomic E-state index is 6.18. The zero-order valence-electron chi connectivity index (χ0n) is 11.0. The van der Waals surface area contributed by atoms with Gasteiger partial charge in [0, 0.05) is 17.0 Å². The average Bonchev–Trinajstić information content (AvgIpc) is 2.39. The summed E-state index contributed by atoms with van der Waals surface area (Å²) in [6.07, 6.45) is 7.10. The molecule has 0 heterocycles. The van der Waals surface area contributed by atoms with E-state index in [1.54, 1.807) is 0 Å². The highest BCUT2D eigenvalue weighted by molar-refractivity contribution is 7.99. The van der Waals surface area contributed by atoms with Crippen molar-refractivity contribution in [2.24, 2.45) is 5.73 Å². The number of hydrogen-bond acceptors (Lipinski definition) is 3. The highest BCUT2D eigenvalue weighted by Gasteiger charge is 2.21. The fourth-order valence-corrected chi connectivity index (χ4v) is 3.85. The summed E-state index contributed by atoms with van der Waals surface area (Å²) in [6.45, 7) is 0. The van der Waals surface area contributed by atoms with Gasteiger partial charge < -0.3 is 11.1 Å². The highest BCUT2D eigenvalue weighted by Crippen LogP contribution is 2.31. The minimum Gasteiger partial charge on any atom is -0.389 e. The monoisotopic (exact) mass is 314 g/mol. The van der Waals surface area contributed by atoms with Crippen LogP contribution in [0.2, 0.25) is 5.02 Å². The summed E-state index contributed by atoms with van der Waals surface area (Å²) in [4.78, 5) is 0.353. The molecule has 0 spiro atoms. The van der Waals surface area contributed by atoms with Crippen molar-refractivity contribution in [2.45, 2.75) is 37.0 Å². The smallest absolute Gasteiger partial charge is 0.107 e. The third-order valence-electron chi connectivity index (χ3n) is 3.63. The average molecular weight is 315 g/mol. The van der Waals surface area contributed by atoms with Gasteiger partial charge in [-0.3, -0.25) is 0 Å². The molecule has 19 heavy (non-hydrogen) atoms. The van der Waals surface area contributed by atoms with Gasteiger partial charge >= 0.3 is 0 Å². The number of nitrogens with one attached hydrogen (secondary N) is 1. The number of nitrogens with two attached hydrogens (primary N) is 1. The number of benzene rings is 1. The van der Waals surface area contributed by atoms with Gasteiger partial charge in [0.15, 0.2) is 0 Å². The molecule has 5 heteroatoms. The van der Waals surface area contributed by atoms with Gasteiger partial charge in [-0.1, -0.05) is 29.9 Å². The minimum absolute atomic E-state index is 0.353. The van der Waals surface area contributed by atoms with Gasteiger partial charge in [0.1, 0.15) is 4.99 Å². The lowest BCUT2D eigenvalue weighted by molar-refractivity contribution is 0.473. The van der Waals surface area contributed by atoms with E-state index in [0.717, 1.165) is 16.5 Å². The van der Waals surface area contributed by atoms with Gasteiger partial charge in [0.05, 0.1) is 10.6 Å². The molecule has 0 unspecified atom stereocenters. The van der Waals surface area contributed by atoms with Crippen LogP contribution < -0.4 is 11.1 Å². The van der Waals surface area contributed by atoms with Gasteiger partial charge in [0.2, 0.25) is 0 Å². The molecule has 0 aromatic heterocycles. The SMILES string of the molecule is CSC1CCC(Nc2cccc(Cl)c2C(N)=S)CC1. The summed E-state index contributed by atoms with van der Waals surface area (Å²) < 4.78 is 0. The Hall–Kier alpha value is -0.450. The molecule has 1 aliphatic carbocycles. The molecular weight excluding hydrogens is 296 g/mol. The fourth-order valence-electron chi connectivity index (χ4n) is 2.56. The molecule has 1 aliphatic rings. The number of hydrogen-bond donors (Lipinski definition) is 2. The molecule has 2 nitrogen and oxygen atoms in total. The molecule has 0 radical (unpaired) electrons. The van der Waals surface area contributed by atoms with E-state index in [-0.39, 0.29) is 0 Å². The molecule has 2 rings (SSSR count). The predicted octanol–water partition coefficient (Wildman–Crippen LogP) is 4.06. The summed E-state index contributed by atoms with van der Waals surface area (Å²) in [7, 11) is 0. The summed E-state index contributed by atoms with van der Waals surface area (Å²) in [5.74, 6) is 0. The normalized spacial score (nSPS) is 23.1. The third-order valence-corrected chi connectivity index (χ3v) is 5.28. The van der Waals surface area contributed by atoms with Crippen LogP contribution in [0.25, 0.3) is 0 Å². The Morgan fingerprint density at radius 2 is 2.05 bits per heavy atom. The standard InChI is InChI=1S/C14H19ClN2S2/c1-19-10-7-5-9(6-8-10)17-12-4-2-3-11(15)13(12)14(16)18/h2-4,9-10,17H,5-8H2,1H3,(H2,16,18). The van der Waals surface area contributed by atoms with Crippen LogP contribution in [-0.4, -0.2) is 22.5 Å². The Balaban J connectivity index is 2.08. The first-order valence-corrected chi connectivity index (χ1v) is 8.57. The molecule has 3 N–H and O–H groups in total. The van der Waals surface area contributed by atoms with Gasteiger partial charge in [-0.25, -0.2) is 0 Å². The van der Waals surface area contributed by atoms with Gasteiger partial charge in [-0.2, -0.15) is 11.8 Å². The third kappa shape index (κ3) is 3.77. The van der Waals surface area contributed by atoms with E-state index in [1.165, 1.54) is 25.7 Å². The van der Waals surface area contributed by atoms with Crippen molar-refractivity contribution >= 4 is 46.3 Å². The Bertz CT molecular complexity index is 457. The minimum atomic E-state index is 0.353. The fraction of sp³-hybridized carbons (Fsp3) is 0.500. The Morgan fingerprint density at radius 1 is 1.37 bits per heavy atom. The van der Waals surface area contributed by atoms with Crippen molar-refractivity contribution in [2.75, 3.05) is 11.6 Å². The summed E-state index contributed by atoms with van der Waals surface area (Å²) in [5.41, 5.74) is 7.50. The number of halogens is 1. The van der Waals surface area contributed by atoms with Crippen molar-refractivity contribution in [3.05, 3.63) is 28.8 Å². The number of thioether (sulfide) groups is 1. The first kappa shape index (κ1) is 14.9. The van der Waals surface area contributed by atoms with E-state index in [0.29, 0.717) is 16.1 Å². The lowest BCUT2D eigenvalue weighted by Crippen LogP contribution is -2.28. The Morgan fingerprint density at radius 3 is 2.63 bits per heavy atom. The second-order valence-corrected chi connectivity index (χ2v) is 6.87. The van der Waals surface area contributed by atoms with Crippen LogP contribution >= 0.6 is 35.6 Å². The predicted molar refractivity (Wildman–Crippen MR) is 90.5 cm³/mol. The molecule has 1 fully saturated rings. The molecule has 0 bridgehead atoms. The first-order chi connectivity index (χ1) is 9.11. The van der Waals surface area contributed by atoms with Crippen LogP contribution in [0, 0.1) is 0 Å². The number of thiocarbonyl (C=S) groups is 1. The van der Waals surface area contributed by atoms with Crippen LogP contribution in [0.5, 0.6) is 0 Å². The molecule has 0 aliphatic heterocycles. The molecular formula is C14H19ClN2S2. The maximum absolute atomic E-state index is 6.18. The molecule has 0 atom stereocenters. The van der Waals surface area contributed by atoms with Gasteiger partial charge in [-0.15, -0.1) is 0 Å². The summed E-state index contributed by atoms with van der Waals surface area (Å²) in [6, 6.07) is 6.25. The van der Waals surface area contributed by atoms with Crippen molar-refractivity contribution < 1.29 is 0 Å². The van der Waals surface area contributed by atoms with Crippen LogP contribution in [0.3, 0.4) is 0 Å². The van der Waals surface area contributed by atoms with E-state index < -0.39 is 0 Å². The van der Waals surface area contributed by atoms with Gasteiger partial charge in [-0.05, 0) is 44.1 Å². The largest absolute Gasteiger partial charge is 0.389 e. The molecule has 0 amide bonds. The van der Waals surface area contributed by atoms with Crippen molar-refractivity contribution in [1.82, 2.24) is 0 Å². The number of rotatable bonds is 4. The molecule has 1 aromatic rings. The van der Waals surface area contributed by atoms with E-state index >= 15 is 0 Å². The van der Waals surface area contributed by atoms with Crippen LogP contribution in [-0.2, 0) is 0 Å². The van der Waals surface area contributed by atoms with Crippen molar-refractivity contribution in [1.29, 1.82) is 0 Å². The zero-order valence-corrected chi connectivity index (χ0v) is 13.4. The lowest BCUT2D eigenvalue weighted by atomic mass is 9.94. The van der Waals surface area contributed by atoms with Crippen molar-refractivity contribution in [3.63, 3.8) is 0 Å². The Labute approximate surface area is 129 Å². The topological polar surface area (TPSA) is 38.0 Å². The summed E-state index contributed by atoms with van der Waals surface area (Å²) in [5, 5.41) is 4.99. The quantitative estimate of drug-likeness (QED) is 0.822. The first-order valence-electron chi connectivity index (χ1n) is 6.49. The van der Waals surface area contributed by atoms with E-state index in [2.05, 4.69) is 11.6 Å². The summed E-state index contributed by atoms with van der Waals surface area (Å²) >= 11 is 13.2. The lowest BCUT2D eigenvalue weighted by Gasteiger charge is -2.29. The maximum Gasteiger partial charge on any atom is 0.107 e. The molecule has 1 aromatic carbocycles. The van der Waals surface area contributed by atoms with E-state index in [9.17, 15) is 0 Å². The second-order valence-electron chi connectivity index (χ2n) is 4.88. The number of anilines is 1.